The van der Waals surface area contributed by atoms with Crippen LogP contribution in [0.2, 0.25) is 0 Å². The SMILES string of the molecule is CCN(C)c1ncccc1C(=O)CCCCNC(=O)OC(C)(C)C. The van der Waals surface area contributed by atoms with Gasteiger partial charge in [0.05, 0.1) is 5.56 Å². The summed E-state index contributed by atoms with van der Waals surface area (Å²) in [7, 11) is 1.92. The number of Topliss-reactive ketones (excluding diaryl/α,β-unsaturated/α-hetero) is 1. The number of hydrogen-bond acceptors (Lipinski definition) is 5. The molecular formula is C18H29N3O3. The summed E-state index contributed by atoms with van der Waals surface area (Å²) in [5.41, 5.74) is 0.157. The van der Waals surface area contributed by atoms with Gasteiger partial charge in [-0.25, -0.2) is 9.78 Å². The molecule has 1 amide bonds. The lowest BCUT2D eigenvalue weighted by molar-refractivity contribution is 0.0527. The van der Waals surface area contributed by atoms with Crippen LogP contribution >= 0.6 is 0 Å². The zero-order valence-corrected chi connectivity index (χ0v) is 15.4. The highest BCUT2D eigenvalue weighted by atomic mass is 16.6. The Balaban J connectivity index is 2.39. The number of unbranched alkanes of at least 4 members (excludes halogenated alkanes) is 1. The average molecular weight is 335 g/mol. The topological polar surface area (TPSA) is 71.5 Å². The highest BCUT2D eigenvalue weighted by Crippen LogP contribution is 2.18. The van der Waals surface area contributed by atoms with Crippen molar-refractivity contribution in [1.82, 2.24) is 10.3 Å². The van der Waals surface area contributed by atoms with Crippen LogP contribution < -0.4 is 10.2 Å². The van der Waals surface area contributed by atoms with Crippen LogP contribution in [0.25, 0.3) is 0 Å². The lowest BCUT2D eigenvalue weighted by atomic mass is 10.1. The van der Waals surface area contributed by atoms with Crippen molar-refractivity contribution >= 4 is 17.7 Å². The predicted molar refractivity (Wildman–Crippen MR) is 95.6 cm³/mol. The Morgan fingerprint density at radius 2 is 2.00 bits per heavy atom. The van der Waals surface area contributed by atoms with Crippen molar-refractivity contribution in [2.45, 2.75) is 52.6 Å². The number of pyridine rings is 1. The number of nitrogens with zero attached hydrogens (tertiary/aromatic N) is 2. The molecule has 0 fully saturated rings. The molecule has 0 bridgehead atoms. The minimum Gasteiger partial charge on any atom is -0.444 e. The summed E-state index contributed by atoms with van der Waals surface area (Å²) in [5, 5.41) is 2.70. The molecule has 0 unspecified atom stereocenters. The van der Waals surface area contributed by atoms with Crippen LogP contribution in [0, 0.1) is 0 Å². The molecule has 0 aliphatic heterocycles. The van der Waals surface area contributed by atoms with E-state index in [0.29, 0.717) is 24.9 Å². The molecule has 0 saturated carbocycles. The van der Waals surface area contributed by atoms with Crippen LogP contribution in [0.15, 0.2) is 18.3 Å². The number of carbonyl (C=O) groups excluding carboxylic acids is 2. The van der Waals surface area contributed by atoms with Gasteiger partial charge in [0, 0.05) is 32.8 Å². The first-order valence-corrected chi connectivity index (χ1v) is 8.40. The monoisotopic (exact) mass is 335 g/mol. The van der Waals surface area contributed by atoms with Gasteiger partial charge in [-0.3, -0.25) is 4.79 Å². The van der Waals surface area contributed by atoms with Crippen LogP contribution in [0.4, 0.5) is 10.6 Å². The molecule has 1 heterocycles. The van der Waals surface area contributed by atoms with Gasteiger partial charge in [0.2, 0.25) is 0 Å². The van der Waals surface area contributed by atoms with Gasteiger partial charge in [-0.1, -0.05) is 0 Å². The van der Waals surface area contributed by atoms with Crippen molar-refractivity contribution in [1.29, 1.82) is 0 Å². The van der Waals surface area contributed by atoms with Gasteiger partial charge in [0.25, 0.3) is 0 Å². The number of amides is 1. The molecule has 0 atom stereocenters. The molecule has 1 rings (SSSR count). The van der Waals surface area contributed by atoms with E-state index in [9.17, 15) is 9.59 Å². The number of alkyl carbamates (subject to hydrolysis) is 1. The van der Waals surface area contributed by atoms with Crippen molar-refractivity contribution in [2.24, 2.45) is 0 Å². The average Bonchev–Trinajstić information content (AvgIpc) is 2.51. The number of hydrogen-bond donors (Lipinski definition) is 1. The standard InChI is InChI=1S/C18H29N3O3/c1-6-21(5)16-14(10-9-13-19-16)15(22)11-7-8-12-20-17(23)24-18(2,3)4/h9-10,13H,6-8,11-12H2,1-5H3,(H,20,23). The third-order valence-corrected chi connectivity index (χ3v) is 3.42. The Morgan fingerprint density at radius 3 is 2.62 bits per heavy atom. The first-order valence-electron chi connectivity index (χ1n) is 8.40. The molecule has 1 aromatic heterocycles. The fourth-order valence-corrected chi connectivity index (χ4v) is 2.12. The number of nitrogens with one attached hydrogen (secondary N) is 1. The fourth-order valence-electron chi connectivity index (χ4n) is 2.12. The van der Waals surface area contributed by atoms with Crippen molar-refractivity contribution in [3.8, 4) is 0 Å². The Hall–Kier alpha value is -2.11. The molecular weight excluding hydrogens is 306 g/mol. The van der Waals surface area contributed by atoms with Crippen LogP contribution in [0.1, 0.15) is 57.3 Å². The molecule has 134 valence electrons. The van der Waals surface area contributed by atoms with E-state index in [0.717, 1.165) is 18.8 Å². The van der Waals surface area contributed by atoms with Crippen molar-refractivity contribution in [2.75, 3.05) is 25.0 Å². The number of anilines is 1. The summed E-state index contributed by atoms with van der Waals surface area (Å²) in [4.78, 5) is 30.2. The molecule has 0 aliphatic carbocycles. The highest BCUT2D eigenvalue weighted by molar-refractivity contribution is 6.00. The van der Waals surface area contributed by atoms with Gasteiger partial charge in [0.1, 0.15) is 11.4 Å². The van der Waals surface area contributed by atoms with Gasteiger partial charge >= 0.3 is 6.09 Å². The second kappa shape index (κ2) is 9.25. The Kier molecular flexibility index (Phi) is 7.68. The zero-order chi connectivity index (χ0) is 18.2. The number of ketones is 1. The minimum absolute atomic E-state index is 0.0793. The summed E-state index contributed by atoms with van der Waals surface area (Å²) in [5.74, 6) is 0.799. The van der Waals surface area contributed by atoms with Crippen LogP contribution in [0.5, 0.6) is 0 Å². The predicted octanol–water partition coefficient (Wildman–Crippen LogP) is 3.42. The first-order chi connectivity index (χ1) is 11.2. The Bertz CT molecular complexity index is 553. The van der Waals surface area contributed by atoms with Crippen LogP contribution in [0.3, 0.4) is 0 Å². The molecule has 0 aromatic carbocycles. The van der Waals surface area contributed by atoms with Crippen LogP contribution in [-0.2, 0) is 4.74 Å². The lowest BCUT2D eigenvalue weighted by Gasteiger charge is -2.19. The highest BCUT2D eigenvalue weighted by Gasteiger charge is 2.16. The molecule has 6 nitrogen and oxygen atoms in total. The second-order valence-electron chi connectivity index (χ2n) is 6.70. The first kappa shape index (κ1) is 19.9. The summed E-state index contributed by atoms with van der Waals surface area (Å²) in [6.07, 6.45) is 3.14. The van der Waals surface area contributed by atoms with E-state index in [4.69, 9.17) is 4.74 Å². The Labute approximate surface area is 144 Å². The molecule has 1 aromatic rings. The van der Waals surface area contributed by atoms with Gasteiger partial charge in [0.15, 0.2) is 5.78 Å². The third kappa shape index (κ3) is 6.98. The lowest BCUT2D eigenvalue weighted by Crippen LogP contribution is -2.33. The normalized spacial score (nSPS) is 11.0. The largest absolute Gasteiger partial charge is 0.444 e. The number of carbonyl (C=O) groups is 2. The molecule has 1 N–H and O–H groups in total. The minimum atomic E-state index is -0.498. The van der Waals surface area contributed by atoms with E-state index in [1.54, 1.807) is 12.3 Å². The third-order valence-electron chi connectivity index (χ3n) is 3.42. The summed E-state index contributed by atoms with van der Waals surface area (Å²) >= 11 is 0. The van der Waals surface area contributed by atoms with Gasteiger partial charge in [-0.05, 0) is 52.7 Å². The fraction of sp³-hybridized carbons (Fsp3) is 0.611. The summed E-state index contributed by atoms with van der Waals surface area (Å²) in [6.45, 7) is 8.78. The second-order valence-corrected chi connectivity index (χ2v) is 6.70. The van der Waals surface area contributed by atoms with Crippen molar-refractivity contribution in [3.63, 3.8) is 0 Å². The smallest absolute Gasteiger partial charge is 0.407 e. The molecule has 0 aliphatic rings. The maximum Gasteiger partial charge on any atom is 0.407 e. The molecule has 0 saturated heterocycles. The number of rotatable bonds is 8. The number of ether oxygens (including phenoxy) is 1. The van der Waals surface area contributed by atoms with E-state index >= 15 is 0 Å². The van der Waals surface area contributed by atoms with Crippen LogP contribution in [-0.4, -0.2) is 42.6 Å². The van der Waals surface area contributed by atoms with E-state index in [2.05, 4.69) is 10.3 Å². The van der Waals surface area contributed by atoms with Gasteiger partial charge < -0.3 is 15.0 Å². The van der Waals surface area contributed by atoms with Gasteiger partial charge in [-0.15, -0.1) is 0 Å². The van der Waals surface area contributed by atoms with E-state index < -0.39 is 11.7 Å². The van der Waals surface area contributed by atoms with E-state index in [1.165, 1.54) is 0 Å². The molecule has 6 heteroatoms. The van der Waals surface area contributed by atoms with Crippen molar-refractivity contribution in [3.05, 3.63) is 23.9 Å². The summed E-state index contributed by atoms with van der Waals surface area (Å²) < 4.78 is 5.16. The molecule has 0 radical (unpaired) electrons. The van der Waals surface area contributed by atoms with E-state index in [-0.39, 0.29) is 5.78 Å². The quantitative estimate of drug-likeness (QED) is 0.582. The summed E-state index contributed by atoms with van der Waals surface area (Å²) in [6, 6.07) is 3.60. The molecule has 0 spiro atoms. The number of aromatic nitrogens is 1. The maximum atomic E-state index is 12.4. The molecule has 24 heavy (non-hydrogen) atoms. The van der Waals surface area contributed by atoms with E-state index in [1.807, 2.05) is 45.7 Å². The Morgan fingerprint density at radius 1 is 1.29 bits per heavy atom. The zero-order valence-electron chi connectivity index (χ0n) is 15.4. The maximum absolute atomic E-state index is 12.4. The van der Waals surface area contributed by atoms with Gasteiger partial charge in [-0.2, -0.15) is 0 Å². The van der Waals surface area contributed by atoms with Crippen molar-refractivity contribution < 1.29 is 14.3 Å².